The second-order valence-electron chi connectivity index (χ2n) is 16.1. The van der Waals surface area contributed by atoms with Crippen molar-refractivity contribution in [1.82, 2.24) is 0 Å². The van der Waals surface area contributed by atoms with Crippen LogP contribution in [0.5, 0.6) is 5.75 Å². The van der Waals surface area contributed by atoms with Gasteiger partial charge in [0, 0.05) is 28.0 Å². The molecule has 0 fully saturated rings. The van der Waals surface area contributed by atoms with Gasteiger partial charge in [0.05, 0.1) is 5.69 Å². The lowest BCUT2D eigenvalue weighted by molar-refractivity contribution is 0.262. The first-order valence-corrected chi connectivity index (χ1v) is 21.3. The van der Waals surface area contributed by atoms with Gasteiger partial charge in [0.1, 0.15) is 0 Å². The maximum Gasteiger partial charge on any atom is 0.196 e. The smallest absolute Gasteiger partial charge is 0.196 e. The van der Waals surface area contributed by atoms with E-state index in [1.54, 1.807) is 0 Å². The highest BCUT2D eigenvalue weighted by atomic mass is 16.5. The van der Waals surface area contributed by atoms with Crippen LogP contribution in [-0.4, -0.2) is 0 Å². The molecule has 0 aromatic heterocycles. The zero-order valence-corrected chi connectivity index (χ0v) is 33.9. The molecule has 0 aliphatic carbocycles. The van der Waals surface area contributed by atoms with Gasteiger partial charge >= 0.3 is 0 Å². The summed E-state index contributed by atoms with van der Waals surface area (Å²) in [5.41, 5.74) is 12.6. The number of nitrogens with one attached hydrogen (secondary N) is 1. The van der Waals surface area contributed by atoms with Gasteiger partial charge in [0.2, 0.25) is 0 Å². The molecule has 11 aromatic carbocycles. The topological polar surface area (TPSA) is 24.5 Å². The molecule has 0 radical (unpaired) electrons. The van der Waals surface area contributed by atoms with Crippen molar-refractivity contribution < 1.29 is 4.74 Å². The number of nitrogens with zero attached hydrogens (tertiary/aromatic N) is 1. The SMILES string of the molecule is c1ccc(-c2ccc(C3Nc4cc(-c5ccc(-c6ccc(N(c7ccc8ccccc8c7)c7ccc8ccccc8c7)cc6)c6ccccc56)c5ccccc5c4O3)cc2)cc1. The van der Waals surface area contributed by atoms with Gasteiger partial charge in [-0.15, -0.1) is 0 Å². The zero-order valence-electron chi connectivity index (χ0n) is 33.9. The molecule has 12 rings (SSSR count). The number of anilines is 4. The van der Waals surface area contributed by atoms with Crippen molar-refractivity contribution in [2.75, 3.05) is 10.2 Å². The Kier molecular flexibility index (Phi) is 8.57. The van der Waals surface area contributed by atoms with Gasteiger partial charge in [-0.1, -0.05) is 188 Å². The summed E-state index contributed by atoms with van der Waals surface area (Å²) in [4.78, 5) is 2.37. The van der Waals surface area contributed by atoms with Crippen LogP contribution in [0.1, 0.15) is 11.8 Å². The fraction of sp³-hybridized carbons (Fsp3) is 0.0169. The van der Waals surface area contributed by atoms with E-state index in [4.69, 9.17) is 4.74 Å². The highest BCUT2D eigenvalue weighted by Gasteiger charge is 2.27. The predicted molar refractivity (Wildman–Crippen MR) is 261 cm³/mol. The van der Waals surface area contributed by atoms with E-state index in [-0.39, 0.29) is 6.23 Å². The Morgan fingerprint density at radius 2 is 0.823 bits per heavy atom. The minimum Gasteiger partial charge on any atom is -0.464 e. The molecule has 0 spiro atoms. The molecule has 3 heteroatoms. The molecule has 1 unspecified atom stereocenters. The van der Waals surface area contributed by atoms with Crippen molar-refractivity contribution in [2.45, 2.75) is 6.23 Å². The van der Waals surface area contributed by atoms with Crippen LogP contribution >= 0.6 is 0 Å². The van der Waals surface area contributed by atoms with Crippen LogP contribution in [0.15, 0.2) is 231 Å². The summed E-state index contributed by atoms with van der Waals surface area (Å²) < 4.78 is 6.71. The van der Waals surface area contributed by atoms with E-state index >= 15 is 0 Å². The highest BCUT2D eigenvalue weighted by molar-refractivity contribution is 6.12. The first kappa shape index (κ1) is 35.8. The van der Waals surface area contributed by atoms with Gasteiger partial charge in [-0.3, -0.25) is 0 Å². The van der Waals surface area contributed by atoms with Crippen LogP contribution in [0, 0.1) is 0 Å². The van der Waals surface area contributed by atoms with Crippen molar-refractivity contribution in [1.29, 1.82) is 0 Å². The monoisotopic (exact) mass is 792 g/mol. The molecule has 0 saturated carbocycles. The van der Waals surface area contributed by atoms with Crippen LogP contribution < -0.4 is 15.0 Å². The molecule has 0 amide bonds. The van der Waals surface area contributed by atoms with Gasteiger partial charge in [0.15, 0.2) is 12.0 Å². The maximum atomic E-state index is 6.71. The van der Waals surface area contributed by atoms with Crippen LogP contribution in [0.4, 0.5) is 22.7 Å². The molecular weight excluding hydrogens is 753 g/mol. The van der Waals surface area contributed by atoms with Gasteiger partial charge < -0.3 is 15.0 Å². The van der Waals surface area contributed by atoms with Crippen LogP contribution in [0.3, 0.4) is 0 Å². The molecular formula is C59H40N2O. The van der Waals surface area contributed by atoms with E-state index in [0.29, 0.717) is 0 Å². The number of benzene rings is 11. The Morgan fingerprint density at radius 3 is 1.47 bits per heavy atom. The molecule has 1 atom stereocenters. The van der Waals surface area contributed by atoms with Gasteiger partial charge in [-0.25, -0.2) is 0 Å². The van der Waals surface area contributed by atoms with Gasteiger partial charge in [-0.05, 0) is 114 Å². The molecule has 62 heavy (non-hydrogen) atoms. The van der Waals surface area contributed by atoms with Crippen LogP contribution in [0.2, 0.25) is 0 Å². The lowest BCUT2D eigenvalue weighted by Crippen LogP contribution is -2.09. The Hall–Kier alpha value is -8.14. The van der Waals surface area contributed by atoms with Gasteiger partial charge in [-0.2, -0.15) is 0 Å². The van der Waals surface area contributed by atoms with Gasteiger partial charge in [0.25, 0.3) is 0 Å². The standard InChI is InChI=1S/C59H40N2O/c1-2-12-39(13-3-1)42-22-24-44(25-23-42)59-60-57-38-56(53-20-10-11-21-55(53)58(57)62-59)54-35-34-50(51-18-8-9-19-52(51)54)43-28-30-47(31-29-43)61(48-32-26-40-14-4-6-16-45(40)36-48)49-33-27-41-15-5-7-17-46(41)37-49/h1-38,59-60H. The lowest BCUT2D eigenvalue weighted by atomic mass is 9.89. The predicted octanol–water partition coefficient (Wildman–Crippen LogP) is 16.3. The molecule has 1 aliphatic heterocycles. The van der Waals surface area contributed by atoms with Crippen LogP contribution in [0.25, 0.3) is 76.5 Å². The number of hydrogen-bond donors (Lipinski definition) is 1. The summed E-state index contributed by atoms with van der Waals surface area (Å²) in [7, 11) is 0. The number of fused-ring (bicyclic) bond motifs is 6. The summed E-state index contributed by atoms with van der Waals surface area (Å²) in [6, 6.07) is 83.1. The van der Waals surface area contributed by atoms with Crippen LogP contribution in [-0.2, 0) is 0 Å². The average molecular weight is 793 g/mol. The largest absolute Gasteiger partial charge is 0.464 e. The van der Waals surface area contributed by atoms with Crippen molar-refractivity contribution in [2.24, 2.45) is 0 Å². The fourth-order valence-corrected chi connectivity index (χ4v) is 9.38. The quantitative estimate of drug-likeness (QED) is 0.174. The van der Waals surface area contributed by atoms with Crippen molar-refractivity contribution in [3.05, 3.63) is 236 Å². The third kappa shape index (κ3) is 6.22. The molecule has 292 valence electrons. The van der Waals surface area contributed by atoms with E-state index in [1.807, 2.05) is 0 Å². The third-order valence-electron chi connectivity index (χ3n) is 12.5. The van der Waals surface area contributed by atoms with E-state index in [1.165, 1.54) is 65.7 Å². The number of hydrogen-bond acceptors (Lipinski definition) is 3. The molecule has 11 aromatic rings. The summed E-state index contributed by atoms with van der Waals surface area (Å²) in [6.45, 7) is 0. The number of rotatable bonds is 7. The van der Waals surface area contributed by atoms with Crippen molar-refractivity contribution in [3.63, 3.8) is 0 Å². The van der Waals surface area contributed by atoms with Crippen molar-refractivity contribution in [3.8, 4) is 39.1 Å². The van der Waals surface area contributed by atoms with E-state index in [2.05, 4.69) is 241 Å². The Morgan fingerprint density at radius 1 is 0.339 bits per heavy atom. The third-order valence-corrected chi connectivity index (χ3v) is 12.5. The summed E-state index contributed by atoms with van der Waals surface area (Å²) in [5.74, 6) is 0.893. The summed E-state index contributed by atoms with van der Waals surface area (Å²) in [6.07, 6.45) is -0.283. The average Bonchev–Trinajstić information content (AvgIpc) is 3.79. The normalized spacial score (nSPS) is 13.3. The van der Waals surface area contributed by atoms with Crippen molar-refractivity contribution >= 4 is 65.8 Å². The maximum absolute atomic E-state index is 6.71. The highest BCUT2D eigenvalue weighted by Crippen LogP contribution is 2.49. The minimum atomic E-state index is -0.283. The van der Waals surface area contributed by atoms with E-state index < -0.39 is 0 Å². The Labute approximate surface area is 360 Å². The summed E-state index contributed by atoms with van der Waals surface area (Å²) in [5, 5.41) is 13.3. The van der Waals surface area contributed by atoms with E-state index in [0.717, 1.165) is 44.8 Å². The lowest BCUT2D eigenvalue weighted by Gasteiger charge is -2.26. The zero-order chi connectivity index (χ0) is 41.0. The second kappa shape index (κ2) is 14.8. The first-order chi connectivity index (χ1) is 30.7. The Bertz CT molecular complexity index is 3390. The number of ether oxygens (including phenoxy) is 1. The molecule has 1 aliphatic rings. The Balaban J connectivity index is 0.912. The summed E-state index contributed by atoms with van der Waals surface area (Å²) >= 11 is 0. The second-order valence-corrected chi connectivity index (χ2v) is 16.1. The first-order valence-electron chi connectivity index (χ1n) is 21.3. The minimum absolute atomic E-state index is 0.283. The van der Waals surface area contributed by atoms with E-state index in [9.17, 15) is 0 Å². The molecule has 3 nitrogen and oxygen atoms in total. The molecule has 0 bridgehead atoms. The molecule has 1 N–H and O–H groups in total. The molecule has 0 saturated heterocycles. The molecule has 1 heterocycles. The fourth-order valence-electron chi connectivity index (χ4n) is 9.38.